The monoisotopic (exact) mass is 212 g/mol. The molecule has 0 aromatic carbocycles. The van der Waals surface area contributed by atoms with Gasteiger partial charge in [0.1, 0.15) is 18.7 Å². The number of nitrogens with two attached hydrogens (primary N) is 1. The molecule has 80 valence electrons. The lowest BCUT2D eigenvalue weighted by Gasteiger charge is -2.27. The zero-order valence-corrected chi connectivity index (χ0v) is 8.82. The Hall–Kier alpha value is -0.360. The van der Waals surface area contributed by atoms with E-state index in [9.17, 15) is 9.90 Å². The molecule has 0 aromatic heterocycles. The second-order valence-electron chi connectivity index (χ2n) is 3.90. The van der Waals surface area contributed by atoms with Gasteiger partial charge in [0, 0.05) is 0 Å². The van der Waals surface area contributed by atoms with Gasteiger partial charge < -0.3 is 32.8 Å². The molecule has 0 amide bonds. The Bertz CT molecular complexity index is 170. The summed E-state index contributed by atoms with van der Waals surface area (Å²) >= 11 is 0. The first-order valence-corrected chi connectivity index (χ1v) is 3.71. The normalized spacial score (nSPS) is 15.8. The number of hydrogen-bond donors (Lipinski definition) is 3. The molecule has 0 fully saturated rings. The molecule has 0 radical (unpaired) electrons. The van der Waals surface area contributed by atoms with Crippen molar-refractivity contribution in [1.29, 1.82) is 0 Å². The summed E-state index contributed by atoms with van der Waals surface area (Å²) in [6.45, 7) is 0.327. The maximum Gasteiger partial charge on any atom is 0.323 e. The molecule has 2 atom stereocenters. The molecule has 13 heavy (non-hydrogen) atoms. The molecule has 0 saturated heterocycles. The molecular formula is C7H17ClN2O3. The van der Waals surface area contributed by atoms with Crippen LogP contribution in [0.25, 0.3) is 0 Å². The molecule has 6 heteroatoms. The highest BCUT2D eigenvalue weighted by Crippen LogP contribution is 1.98. The van der Waals surface area contributed by atoms with Crippen LogP contribution in [0.3, 0.4) is 0 Å². The molecule has 5 nitrogen and oxygen atoms in total. The van der Waals surface area contributed by atoms with Crippen LogP contribution in [0.1, 0.15) is 0 Å². The van der Waals surface area contributed by atoms with Crippen LogP contribution in [0.4, 0.5) is 0 Å². The Morgan fingerprint density at radius 1 is 1.46 bits per heavy atom. The SMILES string of the molecule is C[N+](C)(C)CC(O)C(N)C(=O)O.[Cl-]. The van der Waals surface area contributed by atoms with Crippen molar-refractivity contribution in [1.82, 2.24) is 0 Å². The van der Waals surface area contributed by atoms with Crippen molar-refractivity contribution in [3.05, 3.63) is 0 Å². The number of hydrogen-bond acceptors (Lipinski definition) is 3. The molecule has 0 spiro atoms. The van der Waals surface area contributed by atoms with Crippen LogP contribution >= 0.6 is 0 Å². The Kier molecular flexibility index (Phi) is 6.27. The molecule has 2 unspecified atom stereocenters. The van der Waals surface area contributed by atoms with Crippen molar-refractivity contribution in [2.45, 2.75) is 12.1 Å². The third-order valence-corrected chi connectivity index (χ3v) is 1.43. The topological polar surface area (TPSA) is 83.5 Å². The molecule has 0 saturated carbocycles. The van der Waals surface area contributed by atoms with E-state index in [1.165, 1.54) is 0 Å². The molecule has 4 N–H and O–H groups in total. The number of carboxylic acids is 1. The molecule has 0 aliphatic carbocycles. The number of nitrogens with zero attached hydrogens (tertiary/aromatic N) is 1. The first-order chi connectivity index (χ1) is 5.24. The van der Waals surface area contributed by atoms with E-state index in [-0.39, 0.29) is 12.4 Å². The van der Waals surface area contributed by atoms with Crippen LogP contribution in [0, 0.1) is 0 Å². The largest absolute Gasteiger partial charge is 1.00 e. The van der Waals surface area contributed by atoms with Crippen molar-refractivity contribution in [2.24, 2.45) is 5.73 Å². The fourth-order valence-electron chi connectivity index (χ4n) is 0.839. The van der Waals surface area contributed by atoms with Gasteiger partial charge in [-0.05, 0) is 0 Å². The van der Waals surface area contributed by atoms with Crippen LogP contribution in [-0.2, 0) is 4.79 Å². The third-order valence-electron chi connectivity index (χ3n) is 1.43. The van der Waals surface area contributed by atoms with E-state index in [4.69, 9.17) is 10.8 Å². The van der Waals surface area contributed by atoms with Crippen LogP contribution < -0.4 is 18.1 Å². The van der Waals surface area contributed by atoms with Gasteiger partial charge in [-0.15, -0.1) is 0 Å². The number of carboxylic acid groups (broad SMARTS) is 1. The number of aliphatic hydroxyl groups is 1. The predicted octanol–water partition coefficient (Wildman–Crippen LogP) is -4.53. The van der Waals surface area contributed by atoms with Gasteiger partial charge in [-0.1, -0.05) is 0 Å². The van der Waals surface area contributed by atoms with Gasteiger partial charge >= 0.3 is 5.97 Å². The standard InChI is InChI=1S/C7H16N2O3.ClH/c1-9(2,3)4-5(10)6(8)7(11)12;/h5-6,10H,4,8H2,1-3H3;1H. The van der Waals surface area contributed by atoms with Gasteiger partial charge in [0.25, 0.3) is 0 Å². The van der Waals surface area contributed by atoms with E-state index < -0.39 is 18.1 Å². The van der Waals surface area contributed by atoms with Gasteiger partial charge in [-0.25, -0.2) is 0 Å². The highest BCUT2D eigenvalue weighted by molar-refractivity contribution is 5.73. The summed E-state index contributed by atoms with van der Waals surface area (Å²) in [6.07, 6.45) is -0.998. The second kappa shape index (κ2) is 5.39. The molecule has 0 rings (SSSR count). The Balaban J connectivity index is 0. The quantitative estimate of drug-likeness (QED) is 0.410. The molecular weight excluding hydrogens is 196 g/mol. The molecule has 0 aliphatic heterocycles. The molecule has 0 aromatic rings. The molecule has 0 heterocycles. The number of rotatable bonds is 4. The summed E-state index contributed by atoms with van der Waals surface area (Å²) in [5.74, 6) is -1.17. The second-order valence-corrected chi connectivity index (χ2v) is 3.90. The predicted molar refractivity (Wildman–Crippen MR) is 44.5 cm³/mol. The van der Waals surface area contributed by atoms with E-state index in [1.807, 2.05) is 21.1 Å². The summed E-state index contributed by atoms with van der Waals surface area (Å²) < 4.78 is 0.488. The summed E-state index contributed by atoms with van der Waals surface area (Å²) in [5.41, 5.74) is 5.21. The zero-order chi connectivity index (χ0) is 9.94. The molecule has 0 bridgehead atoms. The minimum Gasteiger partial charge on any atom is -1.00 e. The Labute approximate surface area is 84.1 Å². The van der Waals surface area contributed by atoms with Crippen molar-refractivity contribution in [2.75, 3.05) is 27.7 Å². The number of quaternary nitrogens is 1. The summed E-state index contributed by atoms with van der Waals surface area (Å²) in [4.78, 5) is 10.3. The first-order valence-electron chi connectivity index (χ1n) is 3.71. The first kappa shape index (κ1) is 15.1. The number of aliphatic carboxylic acids is 1. The van der Waals surface area contributed by atoms with Gasteiger partial charge in [-0.3, -0.25) is 4.79 Å². The Morgan fingerprint density at radius 2 is 1.85 bits per heavy atom. The fourth-order valence-corrected chi connectivity index (χ4v) is 0.839. The van der Waals surface area contributed by atoms with Gasteiger partial charge in [0.15, 0.2) is 0 Å². The number of likely N-dealkylation sites (N-methyl/N-ethyl adjacent to an activating group) is 1. The van der Waals surface area contributed by atoms with Crippen molar-refractivity contribution < 1.29 is 31.9 Å². The minimum absolute atomic E-state index is 0. The minimum atomic E-state index is -1.19. The summed E-state index contributed by atoms with van der Waals surface area (Å²) in [7, 11) is 5.58. The van der Waals surface area contributed by atoms with E-state index in [0.717, 1.165) is 0 Å². The van der Waals surface area contributed by atoms with E-state index in [1.54, 1.807) is 0 Å². The highest BCUT2D eigenvalue weighted by atomic mass is 35.5. The van der Waals surface area contributed by atoms with E-state index >= 15 is 0 Å². The smallest absolute Gasteiger partial charge is 0.323 e. The highest BCUT2D eigenvalue weighted by Gasteiger charge is 2.26. The average Bonchev–Trinajstić information content (AvgIpc) is 1.82. The lowest BCUT2D eigenvalue weighted by atomic mass is 10.1. The summed E-state index contributed by atoms with van der Waals surface area (Å²) in [5, 5.41) is 17.8. The number of halogens is 1. The van der Waals surface area contributed by atoms with Crippen LogP contribution in [-0.4, -0.2) is 60.5 Å². The van der Waals surface area contributed by atoms with Gasteiger partial charge in [-0.2, -0.15) is 0 Å². The van der Waals surface area contributed by atoms with Crippen LogP contribution in [0.2, 0.25) is 0 Å². The van der Waals surface area contributed by atoms with E-state index in [0.29, 0.717) is 11.0 Å². The van der Waals surface area contributed by atoms with Crippen molar-refractivity contribution in [3.63, 3.8) is 0 Å². The van der Waals surface area contributed by atoms with Crippen LogP contribution in [0.15, 0.2) is 0 Å². The lowest BCUT2D eigenvalue weighted by Crippen LogP contribution is -3.00. The molecule has 0 aliphatic rings. The van der Waals surface area contributed by atoms with Crippen molar-refractivity contribution in [3.8, 4) is 0 Å². The number of aliphatic hydroxyl groups excluding tert-OH is 1. The maximum absolute atomic E-state index is 10.3. The van der Waals surface area contributed by atoms with Gasteiger partial charge in [0.05, 0.1) is 21.1 Å². The van der Waals surface area contributed by atoms with Gasteiger partial charge in [0.2, 0.25) is 0 Å². The van der Waals surface area contributed by atoms with Crippen LogP contribution in [0.5, 0.6) is 0 Å². The lowest BCUT2D eigenvalue weighted by molar-refractivity contribution is -0.873. The summed E-state index contributed by atoms with van der Waals surface area (Å²) in [6, 6.07) is -1.19. The fraction of sp³-hybridized carbons (Fsp3) is 0.857. The average molecular weight is 213 g/mol. The maximum atomic E-state index is 10.3. The number of carbonyl (C=O) groups is 1. The third kappa shape index (κ3) is 6.77. The Morgan fingerprint density at radius 3 is 2.08 bits per heavy atom. The zero-order valence-electron chi connectivity index (χ0n) is 8.07. The van der Waals surface area contributed by atoms with Crippen molar-refractivity contribution >= 4 is 5.97 Å². The van der Waals surface area contributed by atoms with E-state index in [2.05, 4.69) is 0 Å².